The monoisotopic (exact) mass is 576 g/mol. The fraction of sp³-hybridized carbons (Fsp3) is 0.824. The molecule has 0 amide bonds. The quantitative estimate of drug-likeness (QED) is 0.507. The van der Waals surface area contributed by atoms with Crippen LogP contribution in [0.5, 0.6) is 0 Å². The first-order chi connectivity index (χ1) is 20.7. The van der Waals surface area contributed by atoms with Gasteiger partial charge in [0.1, 0.15) is 25.4 Å². The van der Waals surface area contributed by atoms with Crippen LogP contribution in [0.4, 0.5) is 0 Å². The molecule has 0 radical (unpaired) electrons. The van der Waals surface area contributed by atoms with Crippen molar-refractivity contribution in [3.63, 3.8) is 0 Å². The molecule has 0 bridgehead atoms. The van der Waals surface area contributed by atoms with Crippen LogP contribution in [0.1, 0.15) is 49.7 Å². The van der Waals surface area contributed by atoms with Crippen LogP contribution in [0.2, 0.25) is 0 Å². The second-order valence-corrected chi connectivity index (χ2v) is 15.5. The zero-order valence-electron chi connectivity index (χ0n) is 26.2. The van der Waals surface area contributed by atoms with Crippen molar-refractivity contribution in [3.8, 4) is 0 Å². The molecule has 0 aromatic heterocycles. The summed E-state index contributed by atoms with van der Waals surface area (Å²) in [6.45, 7) is 23.5. The molecule has 9 rings (SSSR count). The van der Waals surface area contributed by atoms with Gasteiger partial charge in [-0.15, -0.1) is 0 Å². The third kappa shape index (κ3) is 4.38. The van der Waals surface area contributed by atoms with Crippen LogP contribution >= 0.6 is 0 Å². The number of quaternary nitrogens is 2. The minimum Gasteiger partial charge on any atom is -0.301 e. The van der Waals surface area contributed by atoms with Crippen LogP contribution in [0, 0.1) is 0 Å². The van der Waals surface area contributed by atoms with E-state index in [-0.39, 0.29) is 0 Å². The first kappa shape index (κ1) is 27.2. The molecule has 8 nitrogen and oxygen atoms in total. The van der Waals surface area contributed by atoms with Crippen LogP contribution in [-0.2, 0) is 13.1 Å². The molecule has 42 heavy (non-hydrogen) atoms. The second kappa shape index (κ2) is 10.8. The van der Waals surface area contributed by atoms with Gasteiger partial charge in [0.15, 0.2) is 12.3 Å². The van der Waals surface area contributed by atoms with Crippen LogP contribution in [-0.4, -0.2) is 168 Å². The third-order valence-corrected chi connectivity index (χ3v) is 13.2. The Labute approximate surface area is 254 Å². The van der Waals surface area contributed by atoms with Crippen molar-refractivity contribution >= 4 is 0 Å². The fourth-order valence-electron chi connectivity index (χ4n) is 11.6. The highest BCUT2D eigenvalue weighted by atomic mass is 15.6. The number of hydrogen-bond donors (Lipinski definition) is 0. The second-order valence-electron chi connectivity index (χ2n) is 15.5. The van der Waals surface area contributed by atoms with Gasteiger partial charge in [0, 0.05) is 103 Å². The Hall–Kier alpha value is -1.10. The largest absolute Gasteiger partial charge is 0.301 e. The van der Waals surface area contributed by atoms with Gasteiger partial charge < -0.3 is 8.97 Å². The maximum Gasteiger partial charge on any atom is 0.175 e. The zero-order chi connectivity index (χ0) is 27.7. The average Bonchev–Trinajstić information content (AvgIpc) is 3.34. The topological polar surface area (TPSA) is 19.4 Å². The highest BCUT2D eigenvalue weighted by Gasteiger charge is 2.58. The number of hydrogen-bond acceptors (Lipinski definition) is 6. The summed E-state index contributed by atoms with van der Waals surface area (Å²) in [6.07, 6.45) is 10.8. The summed E-state index contributed by atoms with van der Waals surface area (Å²) in [5, 5.41) is 0. The highest BCUT2D eigenvalue weighted by Crippen LogP contribution is 2.40. The highest BCUT2D eigenvalue weighted by molar-refractivity contribution is 5.22. The van der Waals surface area contributed by atoms with Crippen molar-refractivity contribution in [2.45, 2.75) is 76.3 Å². The van der Waals surface area contributed by atoms with E-state index in [9.17, 15) is 0 Å². The molecule has 8 heteroatoms. The minimum absolute atomic E-state index is 0.644. The molecule has 1 aromatic carbocycles. The van der Waals surface area contributed by atoms with Gasteiger partial charge in [-0.05, 0) is 25.7 Å². The number of benzene rings is 1. The SMILES string of the molecule is c1cc(C[N+]23CCCN4CCCN5CCCN(CC2)C5C43)ccc1C[N+]12CCCN3CCCN4CCCN(CC1)C4C32. The number of nitrogens with zero attached hydrogens (tertiary/aromatic N) is 8. The van der Waals surface area contributed by atoms with Crippen molar-refractivity contribution in [1.82, 2.24) is 29.4 Å². The fourth-order valence-corrected chi connectivity index (χ4v) is 11.6. The molecule has 0 spiro atoms. The Morgan fingerprint density at radius 2 is 0.738 bits per heavy atom. The van der Waals surface area contributed by atoms with Crippen molar-refractivity contribution < 1.29 is 8.97 Å². The maximum absolute atomic E-state index is 2.93. The lowest BCUT2D eigenvalue weighted by Gasteiger charge is -2.61. The normalized spacial score (nSPS) is 41.9. The summed E-state index contributed by atoms with van der Waals surface area (Å²) in [5.74, 6) is 0. The molecular formula is C34H56N8+2. The Balaban J connectivity index is 0.972. The Morgan fingerprint density at radius 1 is 0.405 bits per heavy atom. The summed E-state index contributed by atoms with van der Waals surface area (Å²) >= 11 is 0. The van der Waals surface area contributed by atoms with Crippen LogP contribution in [0.25, 0.3) is 0 Å². The van der Waals surface area contributed by atoms with Crippen LogP contribution in [0.15, 0.2) is 24.3 Å². The molecule has 6 unspecified atom stereocenters. The van der Waals surface area contributed by atoms with E-state index in [1.807, 2.05) is 0 Å². The lowest BCUT2D eigenvalue weighted by Crippen LogP contribution is -2.79. The molecule has 8 saturated heterocycles. The maximum atomic E-state index is 2.93. The molecule has 1 aromatic rings. The molecule has 230 valence electrons. The lowest BCUT2D eigenvalue weighted by molar-refractivity contribution is -0.988. The predicted octanol–water partition coefficient (Wildman–Crippen LogP) is 1.89. The first-order valence-corrected chi connectivity index (χ1v) is 18.0. The van der Waals surface area contributed by atoms with E-state index in [4.69, 9.17) is 0 Å². The Morgan fingerprint density at radius 3 is 1.14 bits per heavy atom. The van der Waals surface area contributed by atoms with E-state index in [1.54, 1.807) is 11.1 Å². The molecule has 0 saturated carbocycles. The predicted molar refractivity (Wildman–Crippen MR) is 166 cm³/mol. The van der Waals surface area contributed by atoms with E-state index >= 15 is 0 Å². The molecule has 8 aliphatic rings. The first-order valence-electron chi connectivity index (χ1n) is 18.0. The summed E-state index contributed by atoms with van der Waals surface area (Å²) < 4.78 is 2.61. The molecule has 0 aliphatic carbocycles. The van der Waals surface area contributed by atoms with Crippen molar-refractivity contribution in [1.29, 1.82) is 0 Å². The van der Waals surface area contributed by atoms with Gasteiger partial charge in [0.25, 0.3) is 0 Å². The summed E-state index contributed by atoms with van der Waals surface area (Å²) in [5.41, 5.74) is 3.16. The smallest absolute Gasteiger partial charge is 0.175 e. The third-order valence-electron chi connectivity index (χ3n) is 13.2. The van der Waals surface area contributed by atoms with E-state index in [1.165, 1.54) is 165 Å². The Bertz CT molecular complexity index is 1040. The van der Waals surface area contributed by atoms with Crippen LogP contribution in [0.3, 0.4) is 0 Å². The molecule has 0 N–H and O–H groups in total. The van der Waals surface area contributed by atoms with Gasteiger partial charge in [-0.3, -0.25) is 29.4 Å². The molecule has 8 heterocycles. The average molecular weight is 577 g/mol. The molecular weight excluding hydrogens is 520 g/mol. The molecule has 8 fully saturated rings. The molecule has 8 aliphatic heterocycles. The van der Waals surface area contributed by atoms with Crippen molar-refractivity contribution in [3.05, 3.63) is 35.4 Å². The number of rotatable bonds is 4. The zero-order valence-corrected chi connectivity index (χ0v) is 26.2. The van der Waals surface area contributed by atoms with E-state index < -0.39 is 0 Å². The van der Waals surface area contributed by atoms with Crippen molar-refractivity contribution in [2.24, 2.45) is 0 Å². The van der Waals surface area contributed by atoms with Gasteiger partial charge in [0.05, 0.1) is 26.2 Å². The van der Waals surface area contributed by atoms with E-state index in [2.05, 4.69) is 53.7 Å². The van der Waals surface area contributed by atoms with Gasteiger partial charge in [-0.2, -0.15) is 0 Å². The summed E-state index contributed by atoms with van der Waals surface area (Å²) in [7, 11) is 0. The van der Waals surface area contributed by atoms with E-state index in [0.717, 1.165) is 0 Å². The standard InChI is InChI=1S/C34H56N8/c1-11-35-13-3-17-39-19-5-23-41(25-21-37(15-1)31(35)33(39)41)27-29-7-9-30(10-8-29)28-42-24-6-20-40-18-4-14-36-12-2-16-38(22-26-42)32(36)34(40)42/h7-10,31-34H,1-6,11-28H2/q+2. The van der Waals surface area contributed by atoms with E-state index in [0.29, 0.717) is 24.7 Å². The summed E-state index contributed by atoms with van der Waals surface area (Å²) in [4.78, 5) is 17.4. The van der Waals surface area contributed by atoms with Crippen LogP contribution < -0.4 is 0 Å². The van der Waals surface area contributed by atoms with Gasteiger partial charge in [0.2, 0.25) is 0 Å². The van der Waals surface area contributed by atoms with Crippen molar-refractivity contribution in [2.75, 3.05) is 105 Å². The Kier molecular flexibility index (Phi) is 6.98. The minimum atomic E-state index is 0.644. The van der Waals surface area contributed by atoms with Gasteiger partial charge in [-0.25, -0.2) is 0 Å². The number of piperazine rings is 2. The van der Waals surface area contributed by atoms with Gasteiger partial charge in [-0.1, -0.05) is 24.3 Å². The molecule has 6 atom stereocenters. The van der Waals surface area contributed by atoms with Gasteiger partial charge >= 0.3 is 0 Å². The lowest BCUT2D eigenvalue weighted by atomic mass is 9.97. The summed E-state index contributed by atoms with van der Waals surface area (Å²) in [6, 6.07) is 10.2.